The van der Waals surface area contributed by atoms with E-state index in [1.807, 2.05) is 0 Å². The van der Waals surface area contributed by atoms with Gasteiger partial charge in [0, 0.05) is 12.8 Å². The van der Waals surface area contributed by atoms with Gasteiger partial charge in [-0.05, 0) is 24.6 Å². The molecule has 0 bridgehead atoms. The molecule has 0 amide bonds. The molecule has 19 heavy (non-hydrogen) atoms. The molecule has 0 spiro atoms. The second-order valence-electron chi connectivity index (χ2n) is 4.18. The van der Waals surface area contributed by atoms with Crippen LogP contribution in [0, 0.1) is 16.0 Å². The molecule has 2 rings (SSSR count). The Morgan fingerprint density at radius 1 is 1.63 bits per heavy atom. The number of carbonyl (C=O) groups excluding carboxylic acids is 1. The lowest BCUT2D eigenvalue weighted by Crippen LogP contribution is -2.19. The van der Waals surface area contributed by atoms with Crippen LogP contribution in [0.3, 0.4) is 0 Å². The third-order valence-electron chi connectivity index (χ3n) is 2.98. The fourth-order valence-electron chi connectivity index (χ4n) is 2.20. The van der Waals surface area contributed by atoms with E-state index in [1.54, 1.807) is 18.2 Å². The third kappa shape index (κ3) is 3.21. The van der Waals surface area contributed by atoms with Gasteiger partial charge in [0.1, 0.15) is 11.7 Å². The van der Waals surface area contributed by atoms with Gasteiger partial charge >= 0.3 is 5.97 Å². The van der Waals surface area contributed by atoms with Crippen molar-refractivity contribution in [3.05, 3.63) is 46.0 Å². The van der Waals surface area contributed by atoms with Gasteiger partial charge in [-0.1, -0.05) is 7.43 Å². The number of rotatable bonds is 4. The summed E-state index contributed by atoms with van der Waals surface area (Å²) >= 11 is 0. The van der Waals surface area contributed by atoms with Crippen LogP contribution in [0.4, 0.5) is 0 Å². The summed E-state index contributed by atoms with van der Waals surface area (Å²) in [4.78, 5) is 21.4. The normalized spacial score (nSPS) is 21.4. The van der Waals surface area contributed by atoms with Gasteiger partial charge in [-0.3, -0.25) is 14.9 Å². The van der Waals surface area contributed by atoms with Crippen molar-refractivity contribution in [3.63, 3.8) is 0 Å². The molecule has 0 aliphatic heterocycles. The standard InChI is InChI=1S/C12H13NO5.CH4/c1-8(14)18-7-9-4-5-10(13(15)16)12(9)11-3-2-6-17-11;/h2-3,5-6,9,12H,4,7H2,1H3;1H4/t9-,12+;/m0./s1. The number of carbonyl (C=O) groups is 1. The van der Waals surface area contributed by atoms with Crippen molar-refractivity contribution >= 4 is 5.97 Å². The predicted octanol–water partition coefficient (Wildman–Crippen LogP) is 2.74. The largest absolute Gasteiger partial charge is 0.468 e. The summed E-state index contributed by atoms with van der Waals surface area (Å²) in [6.45, 7) is 1.48. The molecule has 0 fully saturated rings. The van der Waals surface area contributed by atoms with E-state index < -0.39 is 10.8 Å². The molecule has 1 aliphatic carbocycles. The van der Waals surface area contributed by atoms with Crippen LogP contribution in [0.5, 0.6) is 0 Å². The maximum Gasteiger partial charge on any atom is 0.302 e. The van der Waals surface area contributed by atoms with Crippen molar-refractivity contribution in [1.82, 2.24) is 0 Å². The molecule has 0 N–H and O–H groups in total. The van der Waals surface area contributed by atoms with E-state index in [0.717, 1.165) is 0 Å². The first kappa shape index (κ1) is 14.9. The number of nitro groups is 1. The quantitative estimate of drug-likeness (QED) is 0.476. The Bertz CT molecular complexity index is 477. The van der Waals surface area contributed by atoms with Crippen LogP contribution >= 0.6 is 0 Å². The van der Waals surface area contributed by atoms with Crippen molar-refractivity contribution in [2.45, 2.75) is 26.7 Å². The highest BCUT2D eigenvalue weighted by Gasteiger charge is 2.40. The summed E-state index contributed by atoms with van der Waals surface area (Å²) in [6.07, 6.45) is 3.56. The molecule has 0 unspecified atom stereocenters. The number of esters is 1. The Hall–Kier alpha value is -2.11. The molecule has 0 aromatic carbocycles. The molecule has 6 heteroatoms. The fraction of sp³-hybridized carbons (Fsp3) is 0.462. The molecule has 0 saturated carbocycles. The smallest absolute Gasteiger partial charge is 0.302 e. The second-order valence-corrected chi connectivity index (χ2v) is 4.18. The van der Waals surface area contributed by atoms with Gasteiger partial charge in [0.05, 0.1) is 17.8 Å². The Morgan fingerprint density at radius 3 is 2.89 bits per heavy atom. The van der Waals surface area contributed by atoms with Gasteiger partial charge in [-0.2, -0.15) is 0 Å². The van der Waals surface area contributed by atoms with Crippen LogP contribution < -0.4 is 0 Å². The lowest BCUT2D eigenvalue weighted by atomic mass is 9.92. The molecule has 1 heterocycles. The molecular formula is C13H17NO5. The summed E-state index contributed by atoms with van der Waals surface area (Å²) in [7, 11) is 0. The minimum atomic E-state index is -0.450. The molecule has 6 nitrogen and oxygen atoms in total. The Labute approximate surface area is 111 Å². The highest BCUT2D eigenvalue weighted by atomic mass is 16.6. The lowest BCUT2D eigenvalue weighted by Gasteiger charge is -2.16. The van der Waals surface area contributed by atoms with Gasteiger partial charge in [-0.25, -0.2) is 0 Å². The molecule has 1 aromatic rings. The van der Waals surface area contributed by atoms with Gasteiger partial charge < -0.3 is 9.15 Å². The number of ether oxygens (including phenoxy) is 1. The summed E-state index contributed by atoms with van der Waals surface area (Å²) in [5, 5.41) is 11.0. The van der Waals surface area contributed by atoms with E-state index in [0.29, 0.717) is 12.2 Å². The molecule has 1 aromatic heterocycles. The average molecular weight is 267 g/mol. The van der Waals surface area contributed by atoms with Gasteiger partial charge in [0.25, 0.3) is 5.70 Å². The zero-order valence-electron chi connectivity index (χ0n) is 9.87. The summed E-state index contributed by atoms with van der Waals surface area (Å²) in [5.41, 5.74) is 0.113. The minimum absolute atomic E-state index is 0. The maximum atomic E-state index is 11.0. The molecule has 2 atom stereocenters. The van der Waals surface area contributed by atoms with Crippen molar-refractivity contribution in [2.24, 2.45) is 5.92 Å². The average Bonchev–Trinajstić information content (AvgIpc) is 2.94. The minimum Gasteiger partial charge on any atom is -0.468 e. The zero-order valence-corrected chi connectivity index (χ0v) is 9.87. The zero-order chi connectivity index (χ0) is 13.1. The predicted molar refractivity (Wildman–Crippen MR) is 68.0 cm³/mol. The van der Waals surface area contributed by atoms with Crippen LogP contribution in [-0.2, 0) is 9.53 Å². The number of hydrogen-bond acceptors (Lipinski definition) is 5. The van der Waals surface area contributed by atoms with E-state index in [4.69, 9.17) is 9.15 Å². The van der Waals surface area contributed by atoms with Crippen molar-refractivity contribution in [2.75, 3.05) is 6.61 Å². The van der Waals surface area contributed by atoms with Crippen molar-refractivity contribution in [1.29, 1.82) is 0 Å². The molecular weight excluding hydrogens is 250 g/mol. The number of furan rings is 1. The Kier molecular flexibility index (Phi) is 4.86. The fourth-order valence-corrected chi connectivity index (χ4v) is 2.20. The maximum absolute atomic E-state index is 11.0. The van der Waals surface area contributed by atoms with E-state index in [9.17, 15) is 14.9 Å². The first-order chi connectivity index (χ1) is 8.59. The lowest BCUT2D eigenvalue weighted by molar-refractivity contribution is -0.430. The molecule has 1 aliphatic rings. The first-order valence-corrected chi connectivity index (χ1v) is 5.60. The Morgan fingerprint density at radius 2 is 2.37 bits per heavy atom. The van der Waals surface area contributed by atoms with Gasteiger partial charge in [-0.15, -0.1) is 0 Å². The van der Waals surface area contributed by atoms with Crippen LogP contribution in [0.15, 0.2) is 34.6 Å². The van der Waals surface area contributed by atoms with Crippen LogP contribution in [0.25, 0.3) is 0 Å². The van der Waals surface area contributed by atoms with Crippen molar-refractivity contribution in [3.8, 4) is 0 Å². The van der Waals surface area contributed by atoms with E-state index >= 15 is 0 Å². The summed E-state index contributed by atoms with van der Waals surface area (Å²) in [6, 6.07) is 3.39. The summed E-state index contributed by atoms with van der Waals surface area (Å²) in [5.74, 6) is -0.440. The van der Waals surface area contributed by atoms with Gasteiger partial charge in [0.2, 0.25) is 0 Å². The molecule has 0 radical (unpaired) electrons. The van der Waals surface area contributed by atoms with Crippen LogP contribution in [0.1, 0.15) is 32.4 Å². The highest BCUT2D eigenvalue weighted by Crippen LogP contribution is 2.40. The highest BCUT2D eigenvalue weighted by molar-refractivity contribution is 5.65. The third-order valence-corrected chi connectivity index (χ3v) is 2.98. The second kappa shape index (κ2) is 6.17. The first-order valence-electron chi connectivity index (χ1n) is 5.60. The summed E-state index contributed by atoms with van der Waals surface area (Å²) < 4.78 is 10.2. The topological polar surface area (TPSA) is 82.6 Å². The molecule has 104 valence electrons. The number of nitrogens with zero attached hydrogens (tertiary/aromatic N) is 1. The monoisotopic (exact) mass is 267 g/mol. The van der Waals surface area contributed by atoms with E-state index in [2.05, 4.69) is 0 Å². The van der Waals surface area contributed by atoms with Crippen LogP contribution in [-0.4, -0.2) is 17.5 Å². The van der Waals surface area contributed by atoms with E-state index in [1.165, 1.54) is 13.2 Å². The van der Waals surface area contributed by atoms with Crippen molar-refractivity contribution < 1.29 is 18.9 Å². The van der Waals surface area contributed by atoms with Crippen LogP contribution in [0.2, 0.25) is 0 Å². The number of allylic oxidation sites excluding steroid dienone is 2. The SMILES string of the molecule is C.CC(=O)OC[C@@H]1CC=C([N+](=O)[O-])[C@@H]1c1ccco1. The van der Waals surface area contributed by atoms with E-state index in [-0.39, 0.29) is 31.6 Å². The Balaban J connectivity index is 0.00000180. The van der Waals surface area contributed by atoms with Gasteiger partial charge in [0.15, 0.2) is 0 Å². The molecule has 0 saturated heterocycles. The number of hydrogen-bond donors (Lipinski definition) is 0.